The lowest BCUT2D eigenvalue weighted by atomic mass is 10.1. The second kappa shape index (κ2) is 8.92. The van der Waals surface area contributed by atoms with E-state index in [-0.39, 0.29) is 5.56 Å². The average Bonchev–Trinajstić information content (AvgIpc) is 3.17. The molecular formula is C21H19BrN4O2S. The van der Waals surface area contributed by atoms with Gasteiger partial charge in [-0.3, -0.25) is 9.36 Å². The van der Waals surface area contributed by atoms with Gasteiger partial charge in [0.05, 0.1) is 16.7 Å². The minimum atomic E-state index is -0.0315. The predicted molar refractivity (Wildman–Crippen MR) is 117 cm³/mol. The van der Waals surface area contributed by atoms with Gasteiger partial charge in [-0.05, 0) is 30.2 Å². The molecular weight excluding hydrogens is 452 g/mol. The summed E-state index contributed by atoms with van der Waals surface area (Å²) in [5.74, 6) is 1.63. The molecule has 0 aliphatic rings. The Morgan fingerprint density at radius 3 is 2.76 bits per heavy atom. The lowest BCUT2D eigenvalue weighted by Crippen LogP contribution is -2.23. The van der Waals surface area contributed by atoms with Crippen LogP contribution in [0.15, 0.2) is 67.5 Å². The SMILES string of the molecule is CCCn1c(SCc2nc(Cc3ccccc3)no2)nc2ccc(Br)cc2c1=O. The quantitative estimate of drug-likeness (QED) is 0.284. The van der Waals surface area contributed by atoms with Gasteiger partial charge in [-0.25, -0.2) is 4.98 Å². The number of thioether (sulfide) groups is 1. The summed E-state index contributed by atoms with van der Waals surface area (Å²) >= 11 is 4.86. The highest BCUT2D eigenvalue weighted by molar-refractivity contribution is 9.10. The Kier molecular flexibility index (Phi) is 6.10. The molecule has 0 bridgehead atoms. The van der Waals surface area contributed by atoms with Crippen molar-refractivity contribution in [1.29, 1.82) is 0 Å². The molecule has 0 saturated carbocycles. The zero-order valence-corrected chi connectivity index (χ0v) is 18.2. The van der Waals surface area contributed by atoms with Crippen LogP contribution in [0.5, 0.6) is 0 Å². The molecule has 2 aromatic carbocycles. The van der Waals surface area contributed by atoms with Crippen molar-refractivity contribution < 1.29 is 4.52 Å². The molecule has 4 aromatic rings. The first-order valence-electron chi connectivity index (χ1n) is 9.32. The highest BCUT2D eigenvalue weighted by Crippen LogP contribution is 2.23. The van der Waals surface area contributed by atoms with Gasteiger partial charge in [-0.2, -0.15) is 4.98 Å². The van der Waals surface area contributed by atoms with Crippen LogP contribution in [0, 0.1) is 0 Å². The summed E-state index contributed by atoms with van der Waals surface area (Å²) in [5.41, 5.74) is 1.78. The van der Waals surface area contributed by atoms with Crippen molar-refractivity contribution >= 4 is 38.6 Å². The molecule has 4 rings (SSSR count). The Morgan fingerprint density at radius 2 is 1.97 bits per heavy atom. The highest BCUT2D eigenvalue weighted by Gasteiger charge is 2.14. The molecule has 0 unspecified atom stereocenters. The van der Waals surface area contributed by atoms with Gasteiger partial charge < -0.3 is 4.52 Å². The molecule has 0 amide bonds. The smallest absolute Gasteiger partial charge is 0.262 e. The monoisotopic (exact) mass is 470 g/mol. The number of nitrogens with zero attached hydrogens (tertiary/aromatic N) is 4. The normalized spacial score (nSPS) is 11.2. The molecule has 0 saturated heterocycles. The molecule has 0 N–H and O–H groups in total. The second-order valence-electron chi connectivity index (χ2n) is 6.57. The fraction of sp³-hybridized carbons (Fsp3) is 0.238. The summed E-state index contributed by atoms with van der Waals surface area (Å²) < 4.78 is 7.98. The van der Waals surface area contributed by atoms with Gasteiger partial charge in [0.15, 0.2) is 11.0 Å². The number of hydrogen-bond donors (Lipinski definition) is 0. The van der Waals surface area contributed by atoms with E-state index in [0.717, 1.165) is 16.5 Å². The second-order valence-corrected chi connectivity index (χ2v) is 8.43. The molecule has 2 heterocycles. The van der Waals surface area contributed by atoms with E-state index in [4.69, 9.17) is 9.51 Å². The first kappa shape index (κ1) is 19.8. The van der Waals surface area contributed by atoms with Crippen molar-refractivity contribution in [2.45, 2.75) is 37.2 Å². The molecule has 0 aliphatic carbocycles. The zero-order chi connectivity index (χ0) is 20.2. The molecule has 0 fully saturated rings. The van der Waals surface area contributed by atoms with Crippen molar-refractivity contribution in [2.24, 2.45) is 0 Å². The van der Waals surface area contributed by atoms with E-state index < -0.39 is 0 Å². The van der Waals surface area contributed by atoms with Gasteiger partial charge in [0.25, 0.3) is 5.56 Å². The molecule has 2 aromatic heterocycles. The van der Waals surface area contributed by atoms with Crippen LogP contribution in [-0.4, -0.2) is 19.7 Å². The van der Waals surface area contributed by atoms with Gasteiger partial charge in [0.2, 0.25) is 5.89 Å². The summed E-state index contributed by atoms with van der Waals surface area (Å²) in [4.78, 5) is 22.1. The number of hydrogen-bond acceptors (Lipinski definition) is 6. The maximum atomic E-state index is 12.9. The molecule has 29 heavy (non-hydrogen) atoms. The third-order valence-electron chi connectivity index (χ3n) is 4.37. The van der Waals surface area contributed by atoms with E-state index in [2.05, 4.69) is 26.1 Å². The van der Waals surface area contributed by atoms with Crippen molar-refractivity contribution in [3.05, 3.63) is 80.6 Å². The van der Waals surface area contributed by atoms with E-state index in [0.29, 0.717) is 46.5 Å². The minimum absolute atomic E-state index is 0.0315. The Morgan fingerprint density at radius 1 is 1.14 bits per heavy atom. The zero-order valence-electron chi connectivity index (χ0n) is 15.8. The standard InChI is InChI=1S/C21H19BrN4O2S/c1-2-10-26-20(27)16-12-15(22)8-9-17(16)23-21(26)29-13-19-24-18(25-28-19)11-14-6-4-3-5-7-14/h3-9,12H,2,10-11,13H2,1H3. The summed E-state index contributed by atoms with van der Waals surface area (Å²) in [5, 5.41) is 5.34. The first-order chi connectivity index (χ1) is 14.1. The molecule has 148 valence electrons. The van der Waals surface area contributed by atoms with Gasteiger partial charge in [0, 0.05) is 17.4 Å². The van der Waals surface area contributed by atoms with E-state index in [9.17, 15) is 4.79 Å². The third-order valence-corrected chi connectivity index (χ3v) is 5.82. The summed E-state index contributed by atoms with van der Waals surface area (Å²) in [6.45, 7) is 2.65. The maximum Gasteiger partial charge on any atom is 0.262 e. The maximum absolute atomic E-state index is 12.9. The number of benzene rings is 2. The first-order valence-corrected chi connectivity index (χ1v) is 11.1. The van der Waals surface area contributed by atoms with Gasteiger partial charge in [0.1, 0.15) is 0 Å². The predicted octanol–water partition coefficient (Wildman–Crippen LogP) is 4.84. The van der Waals surface area contributed by atoms with E-state index in [1.165, 1.54) is 11.8 Å². The van der Waals surface area contributed by atoms with Crippen LogP contribution in [0.25, 0.3) is 10.9 Å². The largest absolute Gasteiger partial charge is 0.338 e. The third kappa shape index (κ3) is 4.59. The molecule has 6 nitrogen and oxygen atoms in total. The van der Waals surface area contributed by atoms with Crippen LogP contribution < -0.4 is 5.56 Å². The van der Waals surface area contributed by atoms with Crippen LogP contribution in [0.3, 0.4) is 0 Å². The molecule has 0 atom stereocenters. The Bertz CT molecular complexity index is 1190. The van der Waals surface area contributed by atoms with E-state index in [1.807, 2.05) is 55.5 Å². The van der Waals surface area contributed by atoms with Crippen molar-refractivity contribution in [1.82, 2.24) is 19.7 Å². The molecule has 0 spiro atoms. The summed E-state index contributed by atoms with van der Waals surface area (Å²) in [6, 6.07) is 15.6. The van der Waals surface area contributed by atoms with Crippen LogP contribution in [-0.2, 0) is 18.7 Å². The van der Waals surface area contributed by atoms with Gasteiger partial charge >= 0.3 is 0 Å². The Balaban J connectivity index is 1.56. The number of halogens is 1. The van der Waals surface area contributed by atoms with Crippen LogP contribution >= 0.6 is 27.7 Å². The minimum Gasteiger partial charge on any atom is -0.338 e. The van der Waals surface area contributed by atoms with Crippen molar-refractivity contribution in [3.63, 3.8) is 0 Å². The summed E-state index contributed by atoms with van der Waals surface area (Å²) in [7, 11) is 0. The van der Waals surface area contributed by atoms with Crippen molar-refractivity contribution in [3.8, 4) is 0 Å². The topological polar surface area (TPSA) is 73.8 Å². The average molecular weight is 471 g/mol. The van der Waals surface area contributed by atoms with Crippen LogP contribution in [0.2, 0.25) is 0 Å². The number of rotatable bonds is 7. The van der Waals surface area contributed by atoms with Crippen molar-refractivity contribution in [2.75, 3.05) is 0 Å². The fourth-order valence-electron chi connectivity index (χ4n) is 3.03. The Labute approximate surface area is 180 Å². The lowest BCUT2D eigenvalue weighted by Gasteiger charge is -2.11. The van der Waals surface area contributed by atoms with Crippen LogP contribution in [0.1, 0.15) is 30.6 Å². The fourth-order valence-corrected chi connectivity index (χ4v) is 4.25. The van der Waals surface area contributed by atoms with Gasteiger partial charge in [-0.15, -0.1) is 0 Å². The van der Waals surface area contributed by atoms with E-state index in [1.54, 1.807) is 4.57 Å². The van der Waals surface area contributed by atoms with Gasteiger partial charge in [-0.1, -0.05) is 70.1 Å². The molecule has 8 heteroatoms. The van der Waals surface area contributed by atoms with Crippen LogP contribution in [0.4, 0.5) is 0 Å². The van der Waals surface area contributed by atoms with E-state index >= 15 is 0 Å². The highest BCUT2D eigenvalue weighted by atomic mass is 79.9. The summed E-state index contributed by atoms with van der Waals surface area (Å²) in [6.07, 6.45) is 1.47. The molecule has 0 aliphatic heterocycles. The number of aromatic nitrogens is 4. The number of fused-ring (bicyclic) bond motifs is 1. The lowest BCUT2D eigenvalue weighted by molar-refractivity contribution is 0.385. The Hall–Kier alpha value is -2.45. The molecule has 0 radical (unpaired) electrons.